The minimum atomic E-state index is -0.508. The number of nitrogens with two attached hydrogens (primary N) is 1. The lowest BCUT2D eigenvalue weighted by atomic mass is 9.81. The van der Waals surface area contributed by atoms with E-state index < -0.39 is 5.41 Å². The quantitative estimate of drug-likeness (QED) is 0.589. The molecule has 0 aliphatic rings. The zero-order valence-corrected chi connectivity index (χ0v) is 18.0. The van der Waals surface area contributed by atoms with Crippen LogP contribution in [-0.4, -0.2) is 36.5 Å². The molecule has 0 aromatic heterocycles. The fourth-order valence-electron chi connectivity index (χ4n) is 2.95. The second-order valence-corrected chi connectivity index (χ2v) is 6.61. The van der Waals surface area contributed by atoms with Gasteiger partial charge in [0.25, 0.3) is 0 Å². The number of anilines is 1. The van der Waals surface area contributed by atoms with Crippen LogP contribution in [0, 0.1) is 5.41 Å². The van der Waals surface area contributed by atoms with Gasteiger partial charge in [-0.05, 0) is 51.3 Å². The van der Waals surface area contributed by atoms with Gasteiger partial charge in [-0.3, -0.25) is 4.79 Å². The van der Waals surface area contributed by atoms with Crippen molar-refractivity contribution in [3.8, 4) is 0 Å². The Kier molecular flexibility index (Phi) is 11.0. The molecule has 0 saturated heterocycles. The van der Waals surface area contributed by atoms with Crippen LogP contribution in [-0.2, 0) is 4.79 Å². The van der Waals surface area contributed by atoms with Crippen molar-refractivity contribution in [3.05, 3.63) is 29.8 Å². The number of halogens is 1. The van der Waals surface area contributed by atoms with Gasteiger partial charge >= 0.3 is 6.03 Å². The Hall–Kier alpha value is -1.79. The molecule has 0 heterocycles. The molecule has 6 nitrogen and oxygen atoms in total. The van der Waals surface area contributed by atoms with Crippen molar-refractivity contribution >= 4 is 30.0 Å². The summed E-state index contributed by atoms with van der Waals surface area (Å²) in [5.41, 5.74) is 7.07. The highest BCUT2D eigenvalue weighted by Gasteiger charge is 2.34. The zero-order valence-electron chi connectivity index (χ0n) is 17.2. The van der Waals surface area contributed by atoms with E-state index in [4.69, 9.17) is 5.73 Å². The second-order valence-electron chi connectivity index (χ2n) is 6.61. The summed E-state index contributed by atoms with van der Waals surface area (Å²) in [4.78, 5) is 26.5. The number of amides is 3. The number of carbonyl (C=O) groups excluding carboxylic acids is 2. The Balaban J connectivity index is 0.00000676. The van der Waals surface area contributed by atoms with Crippen LogP contribution in [0.25, 0.3) is 0 Å². The summed E-state index contributed by atoms with van der Waals surface area (Å²) in [6.45, 7) is 11.5. The molecule has 4 N–H and O–H groups in total. The Morgan fingerprint density at radius 3 is 2.00 bits per heavy atom. The summed E-state index contributed by atoms with van der Waals surface area (Å²) in [6, 6.07) is 7.32. The van der Waals surface area contributed by atoms with Gasteiger partial charge in [0.05, 0.1) is 11.5 Å². The number of hydrogen-bond donors (Lipinski definition) is 3. The maximum absolute atomic E-state index is 12.6. The molecule has 27 heavy (non-hydrogen) atoms. The molecule has 0 fully saturated rings. The Morgan fingerprint density at radius 1 is 1.07 bits per heavy atom. The first-order chi connectivity index (χ1) is 12.4. The third kappa shape index (κ3) is 6.40. The van der Waals surface area contributed by atoms with Crippen LogP contribution in [0.5, 0.6) is 0 Å². The maximum atomic E-state index is 12.6. The highest BCUT2D eigenvalue weighted by Crippen LogP contribution is 2.26. The van der Waals surface area contributed by atoms with E-state index in [2.05, 4.69) is 10.6 Å². The maximum Gasteiger partial charge on any atom is 0.321 e. The molecule has 1 atom stereocenters. The molecule has 3 amide bonds. The molecule has 0 spiro atoms. The number of carbonyl (C=O) groups is 2. The van der Waals surface area contributed by atoms with Gasteiger partial charge in [0.2, 0.25) is 5.91 Å². The van der Waals surface area contributed by atoms with Gasteiger partial charge in [-0.1, -0.05) is 26.0 Å². The zero-order chi connectivity index (χ0) is 19.7. The van der Waals surface area contributed by atoms with E-state index in [1.54, 1.807) is 4.90 Å². The van der Waals surface area contributed by atoms with Crippen molar-refractivity contribution < 1.29 is 9.59 Å². The number of benzene rings is 1. The summed E-state index contributed by atoms with van der Waals surface area (Å²) in [6.07, 6.45) is 1.43. The molecule has 0 bridgehead atoms. The second kappa shape index (κ2) is 11.8. The molecular weight excluding hydrogens is 364 g/mol. The largest absolute Gasteiger partial charge is 0.349 e. The van der Waals surface area contributed by atoms with Gasteiger partial charge in [-0.25, -0.2) is 4.79 Å². The van der Waals surface area contributed by atoms with Gasteiger partial charge in [0.15, 0.2) is 0 Å². The molecular formula is C20H35ClN4O2. The molecule has 0 aliphatic carbocycles. The predicted molar refractivity (Wildman–Crippen MR) is 114 cm³/mol. The number of hydrogen-bond acceptors (Lipinski definition) is 3. The first-order valence-corrected chi connectivity index (χ1v) is 9.54. The third-order valence-corrected chi connectivity index (χ3v) is 5.29. The van der Waals surface area contributed by atoms with Crippen molar-refractivity contribution in [3.63, 3.8) is 0 Å². The molecule has 0 radical (unpaired) electrons. The normalized spacial score (nSPS) is 11.9. The van der Waals surface area contributed by atoms with E-state index >= 15 is 0 Å². The average molecular weight is 399 g/mol. The van der Waals surface area contributed by atoms with Gasteiger partial charge in [0.1, 0.15) is 0 Å². The van der Waals surface area contributed by atoms with Crippen LogP contribution in [0.1, 0.15) is 59.1 Å². The summed E-state index contributed by atoms with van der Waals surface area (Å²) >= 11 is 0. The molecule has 1 rings (SSSR count). The lowest BCUT2D eigenvalue weighted by molar-refractivity contribution is -0.131. The minimum Gasteiger partial charge on any atom is -0.349 e. The van der Waals surface area contributed by atoms with Crippen molar-refractivity contribution in [2.75, 3.05) is 25.0 Å². The highest BCUT2D eigenvalue weighted by atomic mass is 35.5. The van der Waals surface area contributed by atoms with Gasteiger partial charge < -0.3 is 21.3 Å². The first kappa shape index (κ1) is 25.2. The number of nitrogens with zero attached hydrogens (tertiary/aromatic N) is 1. The van der Waals surface area contributed by atoms with Crippen LogP contribution < -0.4 is 16.4 Å². The van der Waals surface area contributed by atoms with Gasteiger partial charge in [-0.15, -0.1) is 12.4 Å². The van der Waals surface area contributed by atoms with E-state index in [9.17, 15) is 9.59 Å². The summed E-state index contributed by atoms with van der Waals surface area (Å²) in [5, 5.41) is 5.96. The topological polar surface area (TPSA) is 87.5 Å². The van der Waals surface area contributed by atoms with Crippen LogP contribution in [0.2, 0.25) is 0 Å². The van der Waals surface area contributed by atoms with Crippen LogP contribution in [0.3, 0.4) is 0 Å². The Bertz CT molecular complexity index is 576. The molecule has 0 aliphatic heterocycles. The molecule has 1 unspecified atom stereocenters. The standard InChI is InChI=1S/C20H34N4O2.ClH/c1-6-20(7-2,14-21)18(25)22-15(5)16-10-12-17(13-11-16)23-19(26)24(8-3)9-4;/h10-13,15H,6-9,14,21H2,1-5H3,(H,22,25)(H,23,26);1H. The predicted octanol–water partition coefficient (Wildman–Crippen LogP) is 3.92. The average Bonchev–Trinajstić information content (AvgIpc) is 2.65. The summed E-state index contributed by atoms with van der Waals surface area (Å²) in [7, 11) is 0. The Morgan fingerprint density at radius 2 is 1.59 bits per heavy atom. The van der Waals surface area contributed by atoms with E-state index in [1.807, 2.05) is 58.9 Å². The fraction of sp³-hybridized carbons (Fsp3) is 0.600. The van der Waals surface area contributed by atoms with E-state index in [0.29, 0.717) is 19.6 Å². The molecule has 1 aromatic carbocycles. The fourth-order valence-corrected chi connectivity index (χ4v) is 2.95. The van der Waals surface area contributed by atoms with E-state index in [-0.39, 0.29) is 30.4 Å². The number of rotatable bonds is 9. The summed E-state index contributed by atoms with van der Waals surface area (Å²) < 4.78 is 0. The number of nitrogens with one attached hydrogen (secondary N) is 2. The van der Waals surface area contributed by atoms with Gasteiger partial charge in [-0.2, -0.15) is 0 Å². The Labute approximate surface area is 169 Å². The number of urea groups is 1. The van der Waals surface area contributed by atoms with Crippen molar-refractivity contribution in [2.24, 2.45) is 11.1 Å². The highest BCUT2D eigenvalue weighted by molar-refractivity contribution is 5.89. The first-order valence-electron chi connectivity index (χ1n) is 9.54. The molecule has 154 valence electrons. The minimum absolute atomic E-state index is 0. The van der Waals surface area contributed by atoms with Crippen molar-refractivity contribution in [1.29, 1.82) is 0 Å². The summed E-state index contributed by atoms with van der Waals surface area (Å²) in [5.74, 6) is -0.00332. The van der Waals surface area contributed by atoms with E-state index in [0.717, 1.165) is 24.1 Å². The van der Waals surface area contributed by atoms with Crippen LogP contribution in [0.4, 0.5) is 10.5 Å². The molecule has 1 aromatic rings. The lowest BCUT2D eigenvalue weighted by Crippen LogP contribution is -2.46. The van der Waals surface area contributed by atoms with Crippen LogP contribution in [0.15, 0.2) is 24.3 Å². The van der Waals surface area contributed by atoms with E-state index in [1.165, 1.54) is 0 Å². The van der Waals surface area contributed by atoms with Crippen molar-refractivity contribution in [1.82, 2.24) is 10.2 Å². The lowest BCUT2D eigenvalue weighted by Gasteiger charge is -2.30. The smallest absolute Gasteiger partial charge is 0.321 e. The van der Waals surface area contributed by atoms with Gasteiger partial charge in [0, 0.05) is 25.3 Å². The molecule has 7 heteroatoms. The third-order valence-electron chi connectivity index (χ3n) is 5.29. The monoisotopic (exact) mass is 398 g/mol. The SMILES string of the molecule is CCN(CC)C(=O)Nc1ccc(C(C)NC(=O)C(CC)(CC)CN)cc1.Cl. The van der Waals surface area contributed by atoms with Crippen molar-refractivity contribution in [2.45, 2.75) is 53.5 Å². The molecule has 0 saturated carbocycles. The van der Waals surface area contributed by atoms with Crippen LogP contribution >= 0.6 is 12.4 Å².